The topological polar surface area (TPSA) is 210 Å². The Labute approximate surface area is 394 Å². The van der Waals surface area contributed by atoms with Crippen LogP contribution in [0.2, 0.25) is 0 Å². The molecule has 8 heterocycles. The predicted octanol–water partition coefficient (Wildman–Crippen LogP) is 7.84. The molecule has 0 saturated carbocycles. The van der Waals surface area contributed by atoms with E-state index in [4.69, 9.17) is 30.3 Å². The molecule has 19 nitrogen and oxygen atoms in total. The van der Waals surface area contributed by atoms with Crippen molar-refractivity contribution in [3.63, 3.8) is 0 Å². The molecular weight excluding hydrogens is 891 g/mol. The third-order valence-electron chi connectivity index (χ3n) is 10.9. The maximum atomic E-state index is 13.7. The maximum absolute atomic E-state index is 13.7. The molecule has 0 saturated heterocycles. The first-order chi connectivity index (χ1) is 32.7. The van der Waals surface area contributed by atoms with Crippen LogP contribution in [0.5, 0.6) is 0 Å². The summed E-state index contributed by atoms with van der Waals surface area (Å²) in [6.45, 7) is 14.9. The maximum Gasteiger partial charge on any atom is 0.410 e. The highest BCUT2D eigenvalue weighted by atomic mass is 19.1. The van der Waals surface area contributed by atoms with Crippen LogP contribution in [0, 0.1) is 11.6 Å². The van der Waals surface area contributed by atoms with E-state index < -0.39 is 17.3 Å². The summed E-state index contributed by atoms with van der Waals surface area (Å²) in [6.07, 6.45) is 2.50. The average Bonchev–Trinajstić information content (AvgIpc) is 4.06. The zero-order valence-electron chi connectivity index (χ0n) is 39.1. The zero-order chi connectivity index (χ0) is 48.9. The molecule has 0 atom stereocenters. The molecule has 0 unspecified atom stereocenters. The highest BCUT2D eigenvalue weighted by Crippen LogP contribution is 2.36. The third kappa shape index (κ3) is 9.92. The Bertz CT molecular complexity index is 3250. The van der Waals surface area contributed by atoms with E-state index in [0.717, 1.165) is 22.5 Å². The third-order valence-corrected chi connectivity index (χ3v) is 10.9. The summed E-state index contributed by atoms with van der Waals surface area (Å²) in [7, 11) is 0. The summed E-state index contributed by atoms with van der Waals surface area (Å²) >= 11 is 0. The van der Waals surface area contributed by atoms with E-state index in [1.807, 2.05) is 68.9 Å². The summed E-state index contributed by atoms with van der Waals surface area (Å²) in [4.78, 5) is 58.3. The van der Waals surface area contributed by atoms with Gasteiger partial charge in [-0.2, -0.15) is 10.2 Å². The molecule has 0 bridgehead atoms. The number of nitrogens with two attached hydrogens (primary N) is 1. The van der Waals surface area contributed by atoms with E-state index in [2.05, 4.69) is 20.4 Å². The molecule has 10 rings (SSSR count). The number of nitrogen functional groups attached to an aromatic ring is 1. The monoisotopic (exact) mass is 940 g/mol. The second-order valence-corrected chi connectivity index (χ2v) is 18.6. The van der Waals surface area contributed by atoms with E-state index in [0.29, 0.717) is 90.1 Å². The van der Waals surface area contributed by atoms with Crippen molar-refractivity contribution in [3.8, 4) is 45.3 Å². The first-order valence-corrected chi connectivity index (χ1v) is 22.2. The average molecular weight is 941 g/mol. The standard InChI is InChI=1S/C25H26FN7O3.C23H24FN7O2/c1-15(34)27-19-13-33-20(28-19)10-9-18(30-33)23-22(16-5-7-17(26)8-6-16)29-21-14-31(11-12-32(21)23)24(35)36-25(2,3)4;1-23(2,3)33-22(32)29-10-11-30-19(13-29)27-20(14-4-6-15(24)7-5-14)21(30)16-8-9-18-26-17(25)12-31(18)28-16/h5-10,13H,11-12,14H2,1-4H3,(H,27,34);4-9,12H,10-11,13,25H2,1-3H3. The summed E-state index contributed by atoms with van der Waals surface area (Å²) < 4.78 is 45.6. The van der Waals surface area contributed by atoms with Gasteiger partial charge in [0.1, 0.15) is 51.7 Å². The molecule has 8 aromatic rings. The van der Waals surface area contributed by atoms with E-state index in [-0.39, 0.29) is 30.2 Å². The van der Waals surface area contributed by atoms with Gasteiger partial charge in [-0.3, -0.25) is 14.6 Å². The van der Waals surface area contributed by atoms with Crippen molar-refractivity contribution in [2.75, 3.05) is 24.1 Å². The number of imidazole rings is 4. The van der Waals surface area contributed by atoms with E-state index in [9.17, 15) is 23.2 Å². The van der Waals surface area contributed by atoms with Gasteiger partial charge in [-0.1, -0.05) is 0 Å². The number of anilines is 2. The fourth-order valence-electron chi connectivity index (χ4n) is 8.04. The number of rotatable bonds is 5. The minimum Gasteiger partial charge on any atom is -0.444 e. The lowest BCUT2D eigenvalue weighted by Crippen LogP contribution is -2.41. The van der Waals surface area contributed by atoms with Gasteiger partial charge >= 0.3 is 12.2 Å². The van der Waals surface area contributed by atoms with Crippen LogP contribution in [-0.4, -0.2) is 100 Å². The number of amides is 3. The van der Waals surface area contributed by atoms with E-state index in [1.54, 1.807) is 61.6 Å². The number of benzene rings is 2. The summed E-state index contributed by atoms with van der Waals surface area (Å²) in [5.74, 6) is 1.26. The number of carbonyl (C=O) groups is 3. The molecule has 3 amide bonds. The van der Waals surface area contributed by atoms with Gasteiger partial charge < -0.3 is 29.7 Å². The van der Waals surface area contributed by atoms with Gasteiger partial charge in [-0.05, 0) is 114 Å². The number of hydrogen-bond donors (Lipinski definition) is 2. The summed E-state index contributed by atoms with van der Waals surface area (Å²) in [5.41, 5.74) is 11.4. The van der Waals surface area contributed by atoms with Crippen molar-refractivity contribution in [2.45, 2.75) is 85.8 Å². The number of carbonyl (C=O) groups excluding carboxylic acids is 3. The quantitative estimate of drug-likeness (QED) is 0.169. The van der Waals surface area contributed by atoms with Crippen LogP contribution >= 0.6 is 0 Å². The second kappa shape index (κ2) is 17.8. The highest BCUT2D eigenvalue weighted by Gasteiger charge is 2.32. The Morgan fingerprint density at radius 1 is 0.594 bits per heavy atom. The zero-order valence-corrected chi connectivity index (χ0v) is 39.1. The van der Waals surface area contributed by atoms with Crippen LogP contribution in [0.3, 0.4) is 0 Å². The SMILES string of the molecule is CC(=O)Nc1cn2nc(-c3c(-c4ccc(F)cc4)nc4n3CCN(C(=O)OC(C)(C)C)C4)ccc2n1.CC(C)(C)OC(=O)N1CCn2c(nc(-c3ccc(F)cc3)c2-c2ccc3nc(N)cn3n2)C1. The fraction of sp³-hybridized carbons (Fsp3) is 0.312. The Hall–Kier alpha value is -8.23. The van der Waals surface area contributed by atoms with Gasteiger partial charge in [-0.15, -0.1) is 0 Å². The molecule has 3 N–H and O–H groups in total. The van der Waals surface area contributed by atoms with Crippen LogP contribution in [0.4, 0.5) is 30.0 Å². The molecule has 2 aliphatic rings. The van der Waals surface area contributed by atoms with Crippen molar-refractivity contribution in [1.82, 2.24) is 58.1 Å². The van der Waals surface area contributed by atoms with Crippen LogP contribution in [0.1, 0.15) is 60.1 Å². The highest BCUT2D eigenvalue weighted by molar-refractivity contribution is 5.88. The van der Waals surface area contributed by atoms with Gasteiger partial charge in [-0.25, -0.2) is 47.3 Å². The number of hydrogen-bond acceptors (Lipinski definition) is 12. The number of nitrogens with one attached hydrogen (secondary N) is 1. The first-order valence-electron chi connectivity index (χ1n) is 22.2. The summed E-state index contributed by atoms with van der Waals surface area (Å²) in [5, 5.41) is 12.1. The van der Waals surface area contributed by atoms with Crippen molar-refractivity contribution in [3.05, 3.63) is 108 Å². The predicted molar refractivity (Wildman–Crippen MR) is 251 cm³/mol. The van der Waals surface area contributed by atoms with Gasteiger partial charge in [0.05, 0.1) is 48.3 Å². The van der Waals surface area contributed by atoms with Crippen LogP contribution in [-0.2, 0) is 40.4 Å². The first kappa shape index (κ1) is 45.9. The number of nitrogens with zero attached hydrogens (tertiary/aromatic N) is 12. The minimum absolute atomic E-state index is 0.225. The van der Waals surface area contributed by atoms with Crippen molar-refractivity contribution < 1.29 is 32.6 Å². The van der Waals surface area contributed by atoms with Crippen molar-refractivity contribution in [1.29, 1.82) is 0 Å². The Balaban J connectivity index is 0.000000172. The van der Waals surface area contributed by atoms with E-state index in [1.165, 1.54) is 31.2 Å². The van der Waals surface area contributed by atoms with Crippen LogP contribution < -0.4 is 11.1 Å². The lowest BCUT2D eigenvalue weighted by atomic mass is 10.1. The molecule has 2 aliphatic heterocycles. The molecule has 0 aliphatic carbocycles. The van der Waals surface area contributed by atoms with Crippen LogP contribution in [0.25, 0.3) is 56.6 Å². The Kier molecular flexibility index (Phi) is 11.8. The number of aromatic nitrogens is 10. The van der Waals surface area contributed by atoms with Gasteiger partial charge in [0.15, 0.2) is 17.1 Å². The van der Waals surface area contributed by atoms with Crippen LogP contribution in [0.15, 0.2) is 85.2 Å². The molecular formula is C48H50F2N14O5. The lowest BCUT2D eigenvalue weighted by molar-refractivity contribution is -0.114. The molecule has 2 aromatic carbocycles. The lowest BCUT2D eigenvalue weighted by Gasteiger charge is -2.30. The molecule has 0 fully saturated rings. The molecule has 356 valence electrons. The minimum atomic E-state index is -0.603. The van der Waals surface area contributed by atoms with Gasteiger partial charge in [0, 0.05) is 44.2 Å². The largest absolute Gasteiger partial charge is 0.444 e. The number of fused-ring (bicyclic) bond motifs is 4. The number of halogens is 2. The van der Waals surface area contributed by atoms with Gasteiger partial charge in [0.2, 0.25) is 5.91 Å². The summed E-state index contributed by atoms with van der Waals surface area (Å²) in [6, 6.07) is 19.6. The van der Waals surface area contributed by atoms with Crippen molar-refractivity contribution in [2.24, 2.45) is 0 Å². The molecule has 21 heteroatoms. The number of ether oxygens (including phenoxy) is 2. The molecule has 6 aromatic heterocycles. The van der Waals surface area contributed by atoms with Crippen molar-refractivity contribution >= 4 is 41.0 Å². The van der Waals surface area contributed by atoms with E-state index >= 15 is 0 Å². The Morgan fingerprint density at radius 3 is 1.46 bits per heavy atom. The van der Waals surface area contributed by atoms with Gasteiger partial charge in [0.25, 0.3) is 0 Å². The molecule has 0 spiro atoms. The molecule has 69 heavy (non-hydrogen) atoms. The fourth-order valence-corrected chi connectivity index (χ4v) is 8.04. The molecule has 0 radical (unpaired) electrons. The second-order valence-electron chi connectivity index (χ2n) is 18.6. The Morgan fingerprint density at radius 2 is 1.03 bits per heavy atom. The normalized spacial score (nSPS) is 13.7. The smallest absolute Gasteiger partial charge is 0.410 e.